The summed E-state index contributed by atoms with van der Waals surface area (Å²) in [5.74, 6) is -1.17. The summed E-state index contributed by atoms with van der Waals surface area (Å²) in [6.07, 6.45) is 0.615. The number of hydrogen-bond donors (Lipinski definition) is 1. The van der Waals surface area contributed by atoms with Crippen LogP contribution in [0.1, 0.15) is 24.8 Å². The maximum absolute atomic E-state index is 13.7. The first-order valence-electron chi connectivity index (χ1n) is 4.83. The molecule has 2 N–H and O–H groups in total. The van der Waals surface area contributed by atoms with Gasteiger partial charge in [0.05, 0.1) is 7.11 Å². The highest BCUT2D eigenvalue weighted by Gasteiger charge is 2.16. The molecule has 0 saturated heterocycles. The van der Waals surface area contributed by atoms with Crippen LogP contribution in [-0.4, -0.2) is 13.7 Å². The van der Waals surface area contributed by atoms with Gasteiger partial charge in [-0.1, -0.05) is 6.92 Å². The summed E-state index contributed by atoms with van der Waals surface area (Å²) >= 11 is 0. The lowest BCUT2D eigenvalue weighted by molar-refractivity contribution is 0.378. The van der Waals surface area contributed by atoms with Crippen LogP contribution in [0.3, 0.4) is 0 Å². The zero-order chi connectivity index (χ0) is 11.4. The zero-order valence-electron chi connectivity index (χ0n) is 8.89. The van der Waals surface area contributed by atoms with E-state index in [1.807, 2.05) is 6.92 Å². The zero-order valence-corrected chi connectivity index (χ0v) is 8.89. The van der Waals surface area contributed by atoms with Gasteiger partial charge in [-0.25, -0.2) is 8.78 Å². The van der Waals surface area contributed by atoms with Crippen molar-refractivity contribution in [2.45, 2.75) is 19.3 Å². The topological polar surface area (TPSA) is 35.2 Å². The van der Waals surface area contributed by atoms with Gasteiger partial charge in [0.15, 0.2) is 11.6 Å². The van der Waals surface area contributed by atoms with Gasteiger partial charge >= 0.3 is 0 Å². The minimum atomic E-state index is -0.500. The van der Waals surface area contributed by atoms with E-state index >= 15 is 0 Å². The second kappa shape index (κ2) is 5.07. The number of methoxy groups -OCH3 is 1. The summed E-state index contributed by atoms with van der Waals surface area (Å²) in [4.78, 5) is 0. The molecule has 1 atom stereocenters. The Hall–Kier alpha value is -1.16. The lowest BCUT2D eigenvalue weighted by Gasteiger charge is -2.13. The van der Waals surface area contributed by atoms with Crippen LogP contribution in [0.15, 0.2) is 12.1 Å². The monoisotopic (exact) mass is 215 g/mol. The fraction of sp³-hybridized carbons (Fsp3) is 0.455. The Morgan fingerprint density at radius 1 is 1.40 bits per heavy atom. The summed E-state index contributed by atoms with van der Waals surface area (Å²) in [5.41, 5.74) is 5.69. The molecular formula is C11H15F2NO. The third kappa shape index (κ3) is 2.65. The van der Waals surface area contributed by atoms with Crippen molar-refractivity contribution in [2.75, 3.05) is 13.7 Å². The molecule has 0 aliphatic rings. The molecule has 15 heavy (non-hydrogen) atoms. The third-order valence-electron chi connectivity index (χ3n) is 2.38. The van der Waals surface area contributed by atoms with Gasteiger partial charge in [0, 0.05) is 6.07 Å². The SMILES string of the molecule is COc1cc(F)cc(C(C)CCN)c1F. The standard InChI is InChI=1S/C11H15F2NO/c1-7(3-4-14)9-5-8(12)6-10(15-2)11(9)13/h5-7H,3-4,14H2,1-2H3. The first-order chi connectivity index (χ1) is 7.10. The van der Waals surface area contributed by atoms with Crippen molar-refractivity contribution in [2.24, 2.45) is 5.73 Å². The Labute approximate surface area is 88.0 Å². The predicted octanol–water partition coefficient (Wildman–Crippen LogP) is 2.43. The van der Waals surface area contributed by atoms with E-state index in [0.29, 0.717) is 18.5 Å². The van der Waals surface area contributed by atoms with Crippen LogP contribution in [-0.2, 0) is 0 Å². The van der Waals surface area contributed by atoms with Gasteiger partial charge < -0.3 is 10.5 Å². The Balaban J connectivity index is 3.11. The first kappa shape index (κ1) is 11.9. The lowest BCUT2D eigenvalue weighted by Crippen LogP contribution is -2.07. The van der Waals surface area contributed by atoms with Crippen molar-refractivity contribution in [3.8, 4) is 5.75 Å². The summed E-state index contributed by atoms with van der Waals surface area (Å²) < 4.78 is 31.6. The molecule has 1 aromatic rings. The lowest BCUT2D eigenvalue weighted by atomic mass is 9.97. The van der Waals surface area contributed by atoms with E-state index in [1.54, 1.807) is 0 Å². The molecule has 0 radical (unpaired) electrons. The fourth-order valence-electron chi connectivity index (χ4n) is 1.50. The molecule has 0 aromatic heterocycles. The number of hydrogen-bond acceptors (Lipinski definition) is 2. The maximum atomic E-state index is 13.7. The Kier molecular flexibility index (Phi) is 4.03. The van der Waals surface area contributed by atoms with Crippen molar-refractivity contribution < 1.29 is 13.5 Å². The van der Waals surface area contributed by atoms with Crippen molar-refractivity contribution in [1.29, 1.82) is 0 Å². The molecule has 1 rings (SSSR count). The van der Waals surface area contributed by atoms with Gasteiger partial charge in [-0.05, 0) is 30.5 Å². The molecule has 84 valence electrons. The number of benzene rings is 1. The molecule has 0 amide bonds. The minimum Gasteiger partial charge on any atom is -0.494 e. The van der Waals surface area contributed by atoms with E-state index < -0.39 is 11.6 Å². The van der Waals surface area contributed by atoms with E-state index in [0.717, 1.165) is 6.07 Å². The van der Waals surface area contributed by atoms with Crippen molar-refractivity contribution in [1.82, 2.24) is 0 Å². The van der Waals surface area contributed by atoms with E-state index in [-0.39, 0.29) is 11.7 Å². The molecule has 1 aromatic carbocycles. The quantitative estimate of drug-likeness (QED) is 0.837. The minimum absolute atomic E-state index is 0.0612. The average Bonchev–Trinajstić information content (AvgIpc) is 2.21. The summed E-state index contributed by atoms with van der Waals surface area (Å²) in [6.45, 7) is 2.25. The number of ether oxygens (including phenoxy) is 1. The Morgan fingerprint density at radius 3 is 2.60 bits per heavy atom. The molecule has 0 bridgehead atoms. The van der Waals surface area contributed by atoms with E-state index in [4.69, 9.17) is 10.5 Å². The average molecular weight is 215 g/mol. The van der Waals surface area contributed by atoms with Crippen LogP contribution in [0.5, 0.6) is 5.75 Å². The van der Waals surface area contributed by atoms with Crippen molar-refractivity contribution in [3.05, 3.63) is 29.3 Å². The third-order valence-corrected chi connectivity index (χ3v) is 2.38. The summed E-state index contributed by atoms with van der Waals surface area (Å²) in [7, 11) is 1.31. The highest BCUT2D eigenvalue weighted by atomic mass is 19.1. The van der Waals surface area contributed by atoms with Gasteiger partial charge in [-0.3, -0.25) is 0 Å². The summed E-state index contributed by atoms with van der Waals surface area (Å²) in [5, 5.41) is 0. The van der Waals surface area contributed by atoms with E-state index in [9.17, 15) is 8.78 Å². The molecule has 4 heteroatoms. The smallest absolute Gasteiger partial charge is 0.168 e. The van der Waals surface area contributed by atoms with Crippen LogP contribution in [0.2, 0.25) is 0 Å². The molecule has 0 spiro atoms. The highest BCUT2D eigenvalue weighted by Crippen LogP contribution is 2.29. The van der Waals surface area contributed by atoms with Gasteiger partial charge in [0.2, 0.25) is 0 Å². The van der Waals surface area contributed by atoms with E-state index in [2.05, 4.69) is 0 Å². The highest BCUT2D eigenvalue weighted by molar-refractivity contribution is 5.34. The number of nitrogens with two attached hydrogens (primary N) is 1. The molecule has 0 fully saturated rings. The van der Waals surface area contributed by atoms with Gasteiger partial charge in [-0.15, -0.1) is 0 Å². The molecular weight excluding hydrogens is 200 g/mol. The van der Waals surface area contributed by atoms with Crippen molar-refractivity contribution in [3.63, 3.8) is 0 Å². The van der Waals surface area contributed by atoms with Gasteiger partial charge in [0.1, 0.15) is 5.82 Å². The van der Waals surface area contributed by atoms with Gasteiger partial charge in [-0.2, -0.15) is 0 Å². The van der Waals surface area contributed by atoms with Gasteiger partial charge in [0.25, 0.3) is 0 Å². The molecule has 1 unspecified atom stereocenters. The van der Waals surface area contributed by atoms with Crippen LogP contribution < -0.4 is 10.5 Å². The Morgan fingerprint density at radius 2 is 2.07 bits per heavy atom. The summed E-state index contributed by atoms with van der Waals surface area (Å²) in [6, 6.07) is 2.23. The molecule has 2 nitrogen and oxygen atoms in total. The second-order valence-corrected chi connectivity index (χ2v) is 3.49. The second-order valence-electron chi connectivity index (χ2n) is 3.49. The number of rotatable bonds is 4. The van der Waals surface area contributed by atoms with E-state index in [1.165, 1.54) is 13.2 Å². The van der Waals surface area contributed by atoms with Crippen molar-refractivity contribution >= 4 is 0 Å². The van der Waals surface area contributed by atoms with Crippen LogP contribution in [0, 0.1) is 11.6 Å². The fourth-order valence-corrected chi connectivity index (χ4v) is 1.50. The normalized spacial score (nSPS) is 12.6. The molecule has 0 aliphatic heterocycles. The molecule has 0 saturated carbocycles. The molecule has 0 aliphatic carbocycles. The Bertz CT molecular complexity index is 342. The maximum Gasteiger partial charge on any atom is 0.168 e. The van der Waals surface area contributed by atoms with Crippen LogP contribution in [0.4, 0.5) is 8.78 Å². The van der Waals surface area contributed by atoms with Crippen LogP contribution in [0.25, 0.3) is 0 Å². The first-order valence-corrected chi connectivity index (χ1v) is 4.83. The number of halogens is 2. The molecule has 0 heterocycles. The predicted molar refractivity (Wildman–Crippen MR) is 55.0 cm³/mol. The van der Waals surface area contributed by atoms with Crippen LogP contribution >= 0.6 is 0 Å². The largest absolute Gasteiger partial charge is 0.494 e.